The van der Waals surface area contributed by atoms with Gasteiger partial charge in [-0.05, 0) is 43.4 Å². The van der Waals surface area contributed by atoms with Crippen molar-refractivity contribution in [1.82, 2.24) is 4.90 Å². The van der Waals surface area contributed by atoms with E-state index < -0.39 is 0 Å². The fourth-order valence-corrected chi connectivity index (χ4v) is 3.62. The number of aryl methyl sites for hydroxylation is 1. The Balaban J connectivity index is 1.63. The van der Waals surface area contributed by atoms with E-state index in [-0.39, 0.29) is 17.9 Å². The summed E-state index contributed by atoms with van der Waals surface area (Å²) in [5.74, 6) is 0.174. The Morgan fingerprint density at radius 2 is 2.12 bits per heavy atom. The Morgan fingerprint density at radius 3 is 2.88 bits per heavy atom. The number of morpholine rings is 1. The van der Waals surface area contributed by atoms with Gasteiger partial charge in [-0.1, -0.05) is 18.6 Å². The molecule has 3 rings (SSSR count). The van der Waals surface area contributed by atoms with Crippen LogP contribution in [0.15, 0.2) is 18.2 Å². The van der Waals surface area contributed by atoms with Gasteiger partial charge >= 0.3 is 0 Å². The number of carbonyl (C=O) groups is 1. The standard InChI is InChI=1S/C19H29N3O2/c1-14-5-6-15(13-22-7-9-24-10-8-22)11-18(14)21-19(23)16-3-2-4-17(20)12-16/h5-6,11,16-17H,2-4,7-10,12-13,20H2,1H3,(H,21,23). The van der Waals surface area contributed by atoms with Crippen molar-refractivity contribution in [2.24, 2.45) is 11.7 Å². The van der Waals surface area contributed by atoms with Crippen molar-refractivity contribution >= 4 is 11.6 Å². The Bertz CT molecular complexity index is 570. The number of rotatable bonds is 4. The van der Waals surface area contributed by atoms with Gasteiger partial charge in [-0.2, -0.15) is 0 Å². The van der Waals surface area contributed by atoms with Crippen molar-refractivity contribution < 1.29 is 9.53 Å². The Labute approximate surface area is 144 Å². The molecule has 1 saturated carbocycles. The molecule has 2 fully saturated rings. The number of nitrogens with one attached hydrogen (secondary N) is 1. The van der Waals surface area contributed by atoms with Gasteiger partial charge in [-0.25, -0.2) is 0 Å². The molecule has 0 aromatic heterocycles. The van der Waals surface area contributed by atoms with Crippen LogP contribution in [0.25, 0.3) is 0 Å². The molecular weight excluding hydrogens is 302 g/mol. The molecule has 0 spiro atoms. The molecule has 5 heteroatoms. The van der Waals surface area contributed by atoms with E-state index in [0.717, 1.165) is 69.8 Å². The highest BCUT2D eigenvalue weighted by Crippen LogP contribution is 2.26. The van der Waals surface area contributed by atoms with Crippen LogP contribution < -0.4 is 11.1 Å². The third-order valence-electron chi connectivity index (χ3n) is 5.16. The number of benzene rings is 1. The second-order valence-corrected chi connectivity index (χ2v) is 7.15. The van der Waals surface area contributed by atoms with Crippen molar-refractivity contribution in [2.45, 2.75) is 45.2 Å². The van der Waals surface area contributed by atoms with Gasteiger partial charge in [-0.15, -0.1) is 0 Å². The number of ether oxygens (including phenoxy) is 1. The van der Waals surface area contributed by atoms with E-state index >= 15 is 0 Å². The summed E-state index contributed by atoms with van der Waals surface area (Å²) in [4.78, 5) is 15.0. The second-order valence-electron chi connectivity index (χ2n) is 7.15. The van der Waals surface area contributed by atoms with Gasteiger partial charge in [0.15, 0.2) is 0 Å². The highest BCUT2D eigenvalue weighted by atomic mass is 16.5. The third kappa shape index (κ3) is 4.56. The highest BCUT2D eigenvalue weighted by molar-refractivity contribution is 5.93. The molecule has 1 aromatic carbocycles. The monoisotopic (exact) mass is 331 g/mol. The molecular formula is C19H29N3O2. The van der Waals surface area contributed by atoms with E-state index in [0.29, 0.717) is 0 Å². The first kappa shape index (κ1) is 17.4. The average Bonchev–Trinajstić information content (AvgIpc) is 2.59. The minimum absolute atomic E-state index is 0.0519. The van der Waals surface area contributed by atoms with E-state index in [2.05, 4.69) is 28.4 Å². The number of hydrogen-bond donors (Lipinski definition) is 2. The molecule has 1 aromatic rings. The van der Waals surface area contributed by atoms with E-state index in [1.807, 2.05) is 6.92 Å². The Morgan fingerprint density at radius 1 is 1.33 bits per heavy atom. The normalized spacial score (nSPS) is 25.4. The molecule has 2 atom stereocenters. The minimum atomic E-state index is 0.0519. The molecule has 1 aliphatic heterocycles. The van der Waals surface area contributed by atoms with E-state index in [1.54, 1.807) is 0 Å². The minimum Gasteiger partial charge on any atom is -0.379 e. The summed E-state index contributed by atoms with van der Waals surface area (Å²) >= 11 is 0. The lowest BCUT2D eigenvalue weighted by Gasteiger charge is -2.27. The van der Waals surface area contributed by atoms with Crippen molar-refractivity contribution in [3.63, 3.8) is 0 Å². The van der Waals surface area contributed by atoms with Gasteiger partial charge in [0.2, 0.25) is 5.91 Å². The molecule has 5 nitrogen and oxygen atoms in total. The van der Waals surface area contributed by atoms with Crippen LogP contribution >= 0.6 is 0 Å². The predicted octanol–water partition coefficient (Wildman–Crippen LogP) is 2.28. The SMILES string of the molecule is Cc1ccc(CN2CCOCC2)cc1NC(=O)C1CCCC(N)C1. The maximum Gasteiger partial charge on any atom is 0.227 e. The van der Waals surface area contributed by atoms with Crippen molar-refractivity contribution in [2.75, 3.05) is 31.6 Å². The first-order valence-electron chi connectivity index (χ1n) is 9.08. The van der Waals surface area contributed by atoms with Crippen molar-refractivity contribution in [3.8, 4) is 0 Å². The molecule has 2 aliphatic rings. The fourth-order valence-electron chi connectivity index (χ4n) is 3.62. The van der Waals surface area contributed by atoms with Crippen LogP contribution in [0.5, 0.6) is 0 Å². The summed E-state index contributed by atoms with van der Waals surface area (Å²) in [5, 5.41) is 3.14. The molecule has 1 heterocycles. The number of hydrogen-bond acceptors (Lipinski definition) is 4. The Hall–Kier alpha value is -1.43. The lowest BCUT2D eigenvalue weighted by molar-refractivity contribution is -0.120. The van der Waals surface area contributed by atoms with Crippen LogP contribution in [0, 0.1) is 12.8 Å². The van der Waals surface area contributed by atoms with E-state index in [9.17, 15) is 4.79 Å². The third-order valence-corrected chi connectivity index (χ3v) is 5.16. The number of carbonyl (C=O) groups excluding carboxylic acids is 1. The topological polar surface area (TPSA) is 67.6 Å². The molecule has 1 aliphatic carbocycles. The molecule has 24 heavy (non-hydrogen) atoms. The predicted molar refractivity (Wildman–Crippen MR) is 95.8 cm³/mol. The first-order valence-corrected chi connectivity index (χ1v) is 9.08. The maximum atomic E-state index is 12.6. The summed E-state index contributed by atoms with van der Waals surface area (Å²) in [6.07, 6.45) is 3.84. The highest BCUT2D eigenvalue weighted by Gasteiger charge is 2.25. The number of nitrogens with two attached hydrogens (primary N) is 1. The van der Waals surface area contributed by atoms with Gasteiger partial charge < -0.3 is 15.8 Å². The van der Waals surface area contributed by atoms with Crippen LogP contribution in [0.3, 0.4) is 0 Å². The van der Waals surface area contributed by atoms with Crippen LogP contribution in [-0.2, 0) is 16.1 Å². The lowest BCUT2D eigenvalue weighted by atomic mass is 9.85. The summed E-state index contributed by atoms with van der Waals surface area (Å²) in [5.41, 5.74) is 9.29. The first-order chi connectivity index (χ1) is 11.6. The molecule has 0 radical (unpaired) electrons. The van der Waals surface area contributed by atoms with Crippen LogP contribution in [0.2, 0.25) is 0 Å². The number of nitrogens with zero attached hydrogens (tertiary/aromatic N) is 1. The van der Waals surface area contributed by atoms with Gasteiger partial charge in [-0.3, -0.25) is 9.69 Å². The zero-order valence-electron chi connectivity index (χ0n) is 14.6. The molecule has 1 saturated heterocycles. The number of amides is 1. The largest absolute Gasteiger partial charge is 0.379 e. The smallest absolute Gasteiger partial charge is 0.227 e. The van der Waals surface area contributed by atoms with Gasteiger partial charge in [0.05, 0.1) is 13.2 Å². The fraction of sp³-hybridized carbons (Fsp3) is 0.632. The second kappa shape index (κ2) is 8.10. The van der Waals surface area contributed by atoms with E-state index in [4.69, 9.17) is 10.5 Å². The lowest BCUT2D eigenvalue weighted by Crippen LogP contribution is -2.35. The average molecular weight is 331 g/mol. The zero-order chi connectivity index (χ0) is 16.9. The van der Waals surface area contributed by atoms with Crippen molar-refractivity contribution in [3.05, 3.63) is 29.3 Å². The zero-order valence-corrected chi connectivity index (χ0v) is 14.6. The quantitative estimate of drug-likeness (QED) is 0.888. The van der Waals surface area contributed by atoms with Gasteiger partial charge in [0.1, 0.15) is 0 Å². The Kier molecular flexibility index (Phi) is 5.87. The molecule has 1 amide bonds. The van der Waals surface area contributed by atoms with Crippen LogP contribution in [-0.4, -0.2) is 43.2 Å². The molecule has 132 valence electrons. The summed E-state index contributed by atoms with van der Waals surface area (Å²) in [6, 6.07) is 6.53. The molecule has 0 bridgehead atoms. The molecule has 2 unspecified atom stereocenters. The summed E-state index contributed by atoms with van der Waals surface area (Å²) in [7, 11) is 0. The maximum absolute atomic E-state index is 12.6. The van der Waals surface area contributed by atoms with E-state index in [1.165, 1.54) is 5.56 Å². The van der Waals surface area contributed by atoms with Gasteiger partial charge in [0, 0.05) is 37.3 Å². The van der Waals surface area contributed by atoms with Crippen molar-refractivity contribution in [1.29, 1.82) is 0 Å². The number of anilines is 1. The summed E-state index contributed by atoms with van der Waals surface area (Å²) in [6.45, 7) is 6.49. The molecule has 3 N–H and O–H groups in total. The van der Waals surface area contributed by atoms with Crippen LogP contribution in [0.4, 0.5) is 5.69 Å². The van der Waals surface area contributed by atoms with Crippen LogP contribution in [0.1, 0.15) is 36.8 Å². The summed E-state index contributed by atoms with van der Waals surface area (Å²) < 4.78 is 5.40. The van der Waals surface area contributed by atoms with Gasteiger partial charge in [0.25, 0.3) is 0 Å².